The van der Waals surface area contributed by atoms with Gasteiger partial charge in [-0.15, -0.1) is 0 Å². The summed E-state index contributed by atoms with van der Waals surface area (Å²) >= 11 is 0. The Morgan fingerprint density at radius 1 is 0.857 bits per heavy atom. The lowest BCUT2D eigenvalue weighted by molar-refractivity contribution is 0.0151. The second-order valence-electron chi connectivity index (χ2n) is 7.84. The molecule has 0 spiro atoms. The first-order valence-electron chi connectivity index (χ1n) is 9.37. The summed E-state index contributed by atoms with van der Waals surface area (Å²) in [5.74, 6) is 2.43. The molecular weight excluding hydrogens is 260 g/mol. The molecule has 0 amide bonds. The summed E-state index contributed by atoms with van der Waals surface area (Å²) in [6, 6.07) is 0. The highest BCUT2D eigenvalue weighted by Crippen LogP contribution is 2.33. The van der Waals surface area contributed by atoms with E-state index in [0.29, 0.717) is 5.92 Å². The van der Waals surface area contributed by atoms with Crippen LogP contribution in [0.2, 0.25) is 0 Å². The molecule has 122 valence electrons. The van der Waals surface area contributed by atoms with Crippen LogP contribution in [0.5, 0.6) is 0 Å². The van der Waals surface area contributed by atoms with Gasteiger partial charge in [-0.1, -0.05) is 19.8 Å². The van der Waals surface area contributed by atoms with Crippen molar-refractivity contribution in [1.29, 1.82) is 0 Å². The third-order valence-electron chi connectivity index (χ3n) is 5.92. The van der Waals surface area contributed by atoms with Crippen molar-refractivity contribution >= 4 is 0 Å². The van der Waals surface area contributed by atoms with E-state index in [4.69, 9.17) is 0 Å². The zero-order chi connectivity index (χ0) is 14.7. The Morgan fingerprint density at radius 3 is 2.10 bits per heavy atom. The van der Waals surface area contributed by atoms with E-state index in [9.17, 15) is 5.11 Å². The Morgan fingerprint density at radius 2 is 1.48 bits per heavy atom. The predicted octanol–water partition coefficient (Wildman–Crippen LogP) is 2.59. The summed E-state index contributed by atoms with van der Waals surface area (Å²) in [5, 5.41) is 10.3. The van der Waals surface area contributed by atoms with E-state index in [1.165, 1.54) is 71.2 Å². The monoisotopic (exact) mass is 294 g/mol. The van der Waals surface area contributed by atoms with Crippen LogP contribution in [0.25, 0.3) is 0 Å². The summed E-state index contributed by atoms with van der Waals surface area (Å²) < 4.78 is 0. The first-order valence-corrected chi connectivity index (χ1v) is 9.37. The lowest BCUT2D eigenvalue weighted by Gasteiger charge is -2.40. The number of aliphatic hydroxyl groups excluding tert-OH is 1. The average Bonchev–Trinajstić information content (AvgIpc) is 3.29. The van der Waals surface area contributed by atoms with Crippen molar-refractivity contribution in [3.05, 3.63) is 0 Å². The SMILES string of the molecule is CCCC1CCC(O)C(CN2CCN(CC3CC3)CC2)C1. The highest BCUT2D eigenvalue weighted by atomic mass is 16.3. The van der Waals surface area contributed by atoms with E-state index in [0.717, 1.165) is 24.8 Å². The first-order chi connectivity index (χ1) is 10.2. The van der Waals surface area contributed by atoms with Gasteiger partial charge >= 0.3 is 0 Å². The third-order valence-corrected chi connectivity index (χ3v) is 5.92. The normalized spacial score (nSPS) is 36.0. The Labute approximate surface area is 130 Å². The number of aliphatic hydroxyl groups is 1. The van der Waals surface area contributed by atoms with E-state index in [-0.39, 0.29) is 6.10 Å². The lowest BCUT2D eigenvalue weighted by Crippen LogP contribution is -2.49. The van der Waals surface area contributed by atoms with E-state index >= 15 is 0 Å². The molecular formula is C18H34N2O. The van der Waals surface area contributed by atoms with Crippen LogP contribution < -0.4 is 0 Å². The molecule has 2 saturated carbocycles. The van der Waals surface area contributed by atoms with Crippen LogP contribution in [-0.2, 0) is 0 Å². The van der Waals surface area contributed by atoms with Crippen LogP contribution in [0.3, 0.4) is 0 Å². The second kappa shape index (κ2) is 7.43. The lowest BCUT2D eigenvalue weighted by atomic mass is 9.77. The topological polar surface area (TPSA) is 26.7 Å². The number of nitrogens with zero attached hydrogens (tertiary/aromatic N) is 2. The molecule has 1 heterocycles. The van der Waals surface area contributed by atoms with Crippen LogP contribution >= 0.6 is 0 Å². The van der Waals surface area contributed by atoms with E-state index in [1.807, 2.05) is 0 Å². The maximum Gasteiger partial charge on any atom is 0.0580 e. The van der Waals surface area contributed by atoms with Crippen molar-refractivity contribution < 1.29 is 5.11 Å². The maximum absolute atomic E-state index is 10.3. The highest BCUT2D eigenvalue weighted by Gasteiger charge is 2.31. The Kier molecular flexibility index (Phi) is 5.58. The van der Waals surface area contributed by atoms with Crippen LogP contribution in [-0.4, -0.2) is 60.3 Å². The quantitative estimate of drug-likeness (QED) is 0.816. The minimum atomic E-state index is -0.0393. The Balaban J connectivity index is 1.40. The third kappa shape index (κ3) is 4.67. The molecule has 21 heavy (non-hydrogen) atoms. The predicted molar refractivity (Wildman–Crippen MR) is 87.3 cm³/mol. The fourth-order valence-corrected chi connectivity index (χ4v) is 4.36. The molecule has 0 aromatic heterocycles. The molecule has 1 aliphatic heterocycles. The summed E-state index contributed by atoms with van der Waals surface area (Å²) in [7, 11) is 0. The largest absolute Gasteiger partial charge is 0.393 e. The number of hydrogen-bond donors (Lipinski definition) is 1. The summed E-state index contributed by atoms with van der Waals surface area (Å²) in [5.41, 5.74) is 0. The van der Waals surface area contributed by atoms with Gasteiger partial charge < -0.3 is 14.9 Å². The molecule has 0 bridgehead atoms. The minimum absolute atomic E-state index is 0.0393. The molecule has 0 aromatic rings. The maximum atomic E-state index is 10.3. The van der Waals surface area contributed by atoms with Gasteiger partial charge in [0.1, 0.15) is 0 Å². The van der Waals surface area contributed by atoms with Crippen molar-refractivity contribution in [1.82, 2.24) is 9.80 Å². The van der Waals surface area contributed by atoms with Gasteiger partial charge in [0.2, 0.25) is 0 Å². The molecule has 3 nitrogen and oxygen atoms in total. The van der Waals surface area contributed by atoms with Crippen molar-refractivity contribution in [3.8, 4) is 0 Å². The van der Waals surface area contributed by atoms with Gasteiger partial charge in [-0.05, 0) is 49.9 Å². The molecule has 3 fully saturated rings. The van der Waals surface area contributed by atoms with Crippen LogP contribution in [0, 0.1) is 17.8 Å². The van der Waals surface area contributed by atoms with Crippen molar-refractivity contribution in [2.45, 2.75) is 58.0 Å². The van der Waals surface area contributed by atoms with Crippen molar-refractivity contribution in [2.24, 2.45) is 17.8 Å². The fraction of sp³-hybridized carbons (Fsp3) is 1.00. The van der Waals surface area contributed by atoms with Gasteiger partial charge in [-0.2, -0.15) is 0 Å². The average molecular weight is 294 g/mol. The first kappa shape index (κ1) is 15.8. The van der Waals surface area contributed by atoms with Crippen LogP contribution in [0.15, 0.2) is 0 Å². The van der Waals surface area contributed by atoms with Gasteiger partial charge in [0.15, 0.2) is 0 Å². The molecule has 1 saturated heterocycles. The van der Waals surface area contributed by atoms with Gasteiger partial charge in [-0.3, -0.25) is 0 Å². The van der Waals surface area contributed by atoms with Gasteiger partial charge in [-0.25, -0.2) is 0 Å². The van der Waals surface area contributed by atoms with E-state index in [1.54, 1.807) is 0 Å². The van der Waals surface area contributed by atoms with Crippen LogP contribution in [0.4, 0.5) is 0 Å². The Bertz CT molecular complexity index is 310. The van der Waals surface area contributed by atoms with Gasteiger partial charge in [0.05, 0.1) is 6.10 Å². The molecule has 3 unspecified atom stereocenters. The molecule has 3 heteroatoms. The number of piperazine rings is 1. The molecule has 3 aliphatic rings. The van der Waals surface area contributed by atoms with Crippen molar-refractivity contribution in [3.63, 3.8) is 0 Å². The zero-order valence-corrected chi connectivity index (χ0v) is 13.8. The smallest absolute Gasteiger partial charge is 0.0580 e. The second-order valence-corrected chi connectivity index (χ2v) is 7.84. The number of rotatable bonds is 6. The molecule has 0 aromatic carbocycles. The molecule has 3 atom stereocenters. The van der Waals surface area contributed by atoms with Gasteiger partial charge in [0, 0.05) is 39.3 Å². The molecule has 1 N–H and O–H groups in total. The minimum Gasteiger partial charge on any atom is -0.393 e. The molecule has 2 aliphatic carbocycles. The summed E-state index contributed by atoms with van der Waals surface area (Å²) in [6.45, 7) is 9.70. The fourth-order valence-electron chi connectivity index (χ4n) is 4.36. The Hall–Kier alpha value is -0.120. The van der Waals surface area contributed by atoms with Crippen LogP contribution in [0.1, 0.15) is 51.9 Å². The van der Waals surface area contributed by atoms with Crippen molar-refractivity contribution in [2.75, 3.05) is 39.3 Å². The molecule has 0 radical (unpaired) electrons. The van der Waals surface area contributed by atoms with Gasteiger partial charge in [0.25, 0.3) is 0 Å². The zero-order valence-electron chi connectivity index (χ0n) is 13.8. The highest BCUT2D eigenvalue weighted by molar-refractivity contribution is 4.85. The van der Waals surface area contributed by atoms with E-state index in [2.05, 4.69) is 16.7 Å². The molecule has 3 rings (SSSR count). The standard InChI is InChI=1S/C18H34N2O/c1-2-3-15-6-7-18(21)17(12-15)14-20-10-8-19(9-11-20)13-16-4-5-16/h15-18,21H,2-14H2,1H3. The van der Waals surface area contributed by atoms with E-state index < -0.39 is 0 Å². The number of hydrogen-bond acceptors (Lipinski definition) is 3. The summed E-state index contributed by atoms with van der Waals surface area (Å²) in [6.07, 6.45) is 9.10. The summed E-state index contributed by atoms with van der Waals surface area (Å²) in [4.78, 5) is 5.27.